The zero-order chi connectivity index (χ0) is 14.5. The van der Waals surface area contributed by atoms with Crippen LogP contribution in [0.15, 0.2) is 34.0 Å². The second-order valence-corrected chi connectivity index (χ2v) is 6.07. The van der Waals surface area contributed by atoms with Gasteiger partial charge in [-0.05, 0) is 40.4 Å². The zero-order valence-electron chi connectivity index (χ0n) is 11.8. The van der Waals surface area contributed by atoms with Crippen molar-refractivity contribution < 1.29 is 0 Å². The van der Waals surface area contributed by atoms with Crippen molar-refractivity contribution in [2.24, 2.45) is 16.6 Å². The van der Waals surface area contributed by atoms with Gasteiger partial charge in [0.2, 0.25) is 0 Å². The first-order valence-corrected chi connectivity index (χ1v) is 7.51. The molecule has 0 aromatic carbocycles. The number of hydrogen-bond donors (Lipinski definition) is 2. The molecule has 6 heteroatoms. The smallest absolute Gasteiger partial charge is 0.188 e. The fourth-order valence-electron chi connectivity index (χ4n) is 1.80. The van der Waals surface area contributed by atoms with Gasteiger partial charge in [-0.1, -0.05) is 13.8 Å². The Morgan fingerprint density at radius 2 is 2.25 bits per heavy atom. The Morgan fingerprint density at radius 3 is 3.00 bits per heavy atom. The quantitative estimate of drug-likeness (QED) is 0.650. The van der Waals surface area contributed by atoms with Gasteiger partial charge in [0.05, 0.1) is 12.2 Å². The number of rotatable bonds is 5. The Balaban J connectivity index is 1.94. The van der Waals surface area contributed by atoms with Crippen LogP contribution in [0.2, 0.25) is 0 Å². The van der Waals surface area contributed by atoms with Crippen LogP contribution in [0, 0.1) is 5.92 Å². The molecule has 2 aromatic heterocycles. The molecule has 2 rings (SSSR count). The third kappa shape index (κ3) is 4.23. The van der Waals surface area contributed by atoms with Crippen molar-refractivity contribution in [1.82, 2.24) is 14.7 Å². The first-order chi connectivity index (χ1) is 9.54. The number of hydrogen-bond acceptors (Lipinski definition) is 2. The molecule has 0 saturated carbocycles. The molecule has 0 aliphatic rings. The predicted molar refractivity (Wildman–Crippen MR) is 85.7 cm³/mol. The van der Waals surface area contributed by atoms with Crippen LogP contribution >= 0.6 is 15.9 Å². The number of aromatic nitrogens is 2. The lowest BCUT2D eigenvalue weighted by Gasteiger charge is -2.06. The molecular formula is C14H20BrN5. The van der Waals surface area contributed by atoms with Crippen LogP contribution in [-0.4, -0.2) is 21.9 Å². The molecule has 108 valence electrons. The number of nitrogens with zero attached hydrogens (tertiary/aromatic N) is 3. The molecule has 0 amide bonds. The molecule has 0 unspecified atom stereocenters. The third-order valence-electron chi connectivity index (χ3n) is 2.90. The number of nitrogens with one attached hydrogen (secondary N) is 1. The largest absolute Gasteiger partial charge is 0.370 e. The highest BCUT2D eigenvalue weighted by atomic mass is 79.9. The lowest BCUT2D eigenvalue weighted by molar-refractivity contribution is 0.576. The average Bonchev–Trinajstić information content (AvgIpc) is 2.77. The van der Waals surface area contributed by atoms with Crippen molar-refractivity contribution in [1.29, 1.82) is 0 Å². The van der Waals surface area contributed by atoms with Gasteiger partial charge < -0.3 is 15.5 Å². The summed E-state index contributed by atoms with van der Waals surface area (Å²) in [6, 6.07) is 3.93. The molecular weight excluding hydrogens is 318 g/mol. The van der Waals surface area contributed by atoms with E-state index in [-0.39, 0.29) is 0 Å². The number of halogens is 1. The summed E-state index contributed by atoms with van der Waals surface area (Å²) < 4.78 is 2.99. The van der Waals surface area contributed by atoms with Gasteiger partial charge in [0, 0.05) is 23.4 Å². The van der Waals surface area contributed by atoms with Gasteiger partial charge in [-0.25, -0.2) is 9.98 Å². The fourth-order valence-corrected chi connectivity index (χ4v) is 2.16. The summed E-state index contributed by atoms with van der Waals surface area (Å²) in [5.74, 6) is 1.14. The molecule has 0 bridgehead atoms. The average molecular weight is 338 g/mol. The lowest BCUT2D eigenvalue weighted by Crippen LogP contribution is -2.32. The molecule has 2 aromatic rings. The molecule has 0 atom stereocenters. The summed E-state index contributed by atoms with van der Waals surface area (Å²) in [6.45, 7) is 5.71. The van der Waals surface area contributed by atoms with Gasteiger partial charge in [0.1, 0.15) is 5.65 Å². The number of fused-ring (bicyclic) bond motifs is 1. The topological polar surface area (TPSA) is 67.7 Å². The van der Waals surface area contributed by atoms with Gasteiger partial charge in [-0.3, -0.25) is 0 Å². The number of guanidine groups is 1. The van der Waals surface area contributed by atoms with E-state index in [1.54, 1.807) is 0 Å². The molecule has 0 fully saturated rings. The Morgan fingerprint density at radius 1 is 1.45 bits per heavy atom. The predicted octanol–water partition coefficient (Wildman–Crippen LogP) is 2.55. The second-order valence-electron chi connectivity index (χ2n) is 5.16. The lowest BCUT2D eigenvalue weighted by atomic mass is 10.1. The normalized spacial score (nSPS) is 12.3. The molecule has 2 heterocycles. The minimum atomic E-state index is 0.476. The highest BCUT2D eigenvalue weighted by Crippen LogP contribution is 2.12. The maximum Gasteiger partial charge on any atom is 0.188 e. The van der Waals surface area contributed by atoms with Crippen molar-refractivity contribution in [3.63, 3.8) is 0 Å². The first-order valence-electron chi connectivity index (χ1n) is 6.71. The van der Waals surface area contributed by atoms with E-state index in [1.807, 2.05) is 28.9 Å². The summed E-state index contributed by atoms with van der Waals surface area (Å²) in [6.07, 6.45) is 5.02. The molecule has 20 heavy (non-hydrogen) atoms. The molecule has 0 aliphatic heterocycles. The highest BCUT2D eigenvalue weighted by Gasteiger charge is 2.01. The summed E-state index contributed by atoms with van der Waals surface area (Å²) in [7, 11) is 0. The monoisotopic (exact) mass is 337 g/mol. The SMILES string of the molecule is CC(C)CCNC(N)=NCc1cn2cc(Br)ccc2n1. The van der Waals surface area contributed by atoms with Crippen molar-refractivity contribution in [3.8, 4) is 0 Å². The van der Waals surface area contributed by atoms with Crippen LogP contribution in [0.5, 0.6) is 0 Å². The van der Waals surface area contributed by atoms with Crippen LogP contribution in [0.1, 0.15) is 26.0 Å². The second kappa shape index (κ2) is 6.74. The summed E-state index contributed by atoms with van der Waals surface area (Å²) in [4.78, 5) is 8.79. The Hall–Kier alpha value is -1.56. The van der Waals surface area contributed by atoms with E-state index >= 15 is 0 Å². The summed E-state index contributed by atoms with van der Waals surface area (Å²) >= 11 is 3.44. The molecule has 0 saturated heterocycles. The Kier molecular flexibility index (Phi) is 5.00. The fraction of sp³-hybridized carbons (Fsp3) is 0.429. The van der Waals surface area contributed by atoms with Gasteiger partial charge in [-0.15, -0.1) is 0 Å². The van der Waals surface area contributed by atoms with Crippen LogP contribution in [0.25, 0.3) is 5.65 Å². The van der Waals surface area contributed by atoms with Crippen LogP contribution in [0.4, 0.5) is 0 Å². The molecule has 3 N–H and O–H groups in total. The Bertz CT molecular complexity index is 603. The molecule has 0 aliphatic carbocycles. The number of aliphatic imine (C=N–C) groups is 1. The maximum atomic E-state index is 5.82. The minimum absolute atomic E-state index is 0.476. The summed E-state index contributed by atoms with van der Waals surface area (Å²) in [5, 5.41) is 3.11. The maximum absolute atomic E-state index is 5.82. The molecule has 0 radical (unpaired) electrons. The van der Waals surface area contributed by atoms with Crippen LogP contribution < -0.4 is 11.1 Å². The zero-order valence-corrected chi connectivity index (χ0v) is 13.4. The number of pyridine rings is 1. The van der Waals surface area contributed by atoms with Crippen LogP contribution in [-0.2, 0) is 6.54 Å². The standard InChI is InChI=1S/C14H20BrN5/c1-10(2)5-6-17-14(16)18-7-12-9-20-8-11(15)3-4-13(20)19-12/h3-4,8-10H,5-7H2,1-2H3,(H3,16,17,18). The van der Waals surface area contributed by atoms with Gasteiger partial charge in [0.15, 0.2) is 5.96 Å². The van der Waals surface area contributed by atoms with E-state index in [1.165, 1.54) is 0 Å². The van der Waals surface area contributed by atoms with E-state index in [2.05, 4.69) is 45.1 Å². The van der Waals surface area contributed by atoms with E-state index in [9.17, 15) is 0 Å². The third-order valence-corrected chi connectivity index (χ3v) is 3.37. The molecule has 0 spiro atoms. The van der Waals surface area contributed by atoms with Gasteiger partial charge in [-0.2, -0.15) is 0 Å². The van der Waals surface area contributed by atoms with Crippen molar-refractivity contribution in [2.75, 3.05) is 6.54 Å². The van der Waals surface area contributed by atoms with Gasteiger partial charge >= 0.3 is 0 Å². The van der Waals surface area contributed by atoms with Crippen molar-refractivity contribution in [2.45, 2.75) is 26.8 Å². The van der Waals surface area contributed by atoms with E-state index in [0.717, 1.165) is 28.8 Å². The number of nitrogens with two attached hydrogens (primary N) is 1. The van der Waals surface area contributed by atoms with E-state index < -0.39 is 0 Å². The highest BCUT2D eigenvalue weighted by molar-refractivity contribution is 9.10. The van der Waals surface area contributed by atoms with E-state index in [0.29, 0.717) is 18.4 Å². The van der Waals surface area contributed by atoms with Crippen LogP contribution in [0.3, 0.4) is 0 Å². The van der Waals surface area contributed by atoms with Gasteiger partial charge in [0.25, 0.3) is 0 Å². The number of imidazole rings is 1. The van der Waals surface area contributed by atoms with Crippen molar-refractivity contribution in [3.05, 3.63) is 34.7 Å². The van der Waals surface area contributed by atoms with Crippen molar-refractivity contribution >= 4 is 27.5 Å². The molecule has 5 nitrogen and oxygen atoms in total. The summed E-state index contributed by atoms with van der Waals surface area (Å²) in [5.41, 5.74) is 7.63. The first kappa shape index (κ1) is 14.8. The Labute approximate surface area is 127 Å². The minimum Gasteiger partial charge on any atom is -0.370 e. The van der Waals surface area contributed by atoms with E-state index in [4.69, 9.17) is 5.73 Å².